The zero-order valence-corrected chi connectivity index (χ0v) is 14.9. The molecule has 0 fully saturated rings. The van der Waals surface area contributed by atoms with Gasteiger partial charge in [0.1, 0.15) is 0 Å². The van der Waals surface area contributed by atoms with Crippen molar-refractivity contribution in [1.82, 2.24) is 20.1 Å². The smallest absolute Gasteiger partial charge is 0.254 e. The molecule has 24 heavy (non-hydrogen) atoms. The largest absolute Gasteiger partial charge is 0.352 e. The summed E-state index contributed by atoms with van der Waals surface area (Å²) < 4.78 is 1.65. The number of carbonyl (C=O) groups excluding carboxylic acids is 1. The highest BCUT2D eigenvalue weighted by molar-refractivity contribution is 7.12. The summed E-state index contributed by atoms with van der Waals surface area (Å²) in [6, 6.07) is 10.2. The molecule has 1 amide bonds. The molecule has 0 saturated heterocycles. The van der Waals surface area contributed by atoms with Crippen LogP contribution in [0.2, 0.25) is 0 Å². The molecule has 6 heteroatoms. The van der Waals surface area contributed by atoms with E-state index in [1.165, 1.54) is 4.88 Å². The van der Waals surface area contributed by atoms with Crippen molar-refractivity contribution in [2.24, 2.45) is 7.05 Å². The molecule has 0 bridgehead atoms. The molecule has 5 nitrogen and oxygen atoms in total. The summed E-state index contributed by atoms with van der Waals surface area (Å²) >= 11 is 1.69. The van der Waals surface area contributed by atoms with E-state index in [0.29, 0.717) is 12.1 Å². The second-order valence-corrected chi connectivity index (χ2v) is 6.97. The summed E-state index contributed by atoms with van der Waals surface area (Å²) in [5, 5.41) is 8.17. The Morgan fingerprint density at radius 2 is 2.00 bits per heavy atom. The van der Waals surface area contributed by atoms with Gasteiger partial charge in [0.2, 0.25) is 0 Å². The third-order valence-corrected chi connectivity index (χ3v) is 4.80. The topological polar surface area (TPSA) is 59.8 Å². The molecular weight excluding hydrogens is 320 g/mol. The summed E-state index contributed by atoms with van der Waals surface area (Å²) in [6.07, 6.45) is 2.47. The standard InChI is InChI=1S/C18H20N4OS/c1-12-15(11-22(3)21-12)18(23)19-10-9-16-20-17(13(2)24-16)14-7-5-4-6-8-14/h4-8,11H,9-10H2,1-3H3,(H,19,23). The van der Waals surface area contributed by atoms with Crippen molar-refractivity contribution >= 4 is 17.2 Å². The molecule has 3 rings (SSSR count). The first-order chi connectivity index (χ1) is 11.5. The minimum atomic E-state index is -0.0860. The minimum absolute atomic E-state index is 0.0860. The van der Waals surface area contributed by atoms with Gasteiger partial charge in [0, 0.05) is 36.7 Å². The molecule has 0 aliphatic rings. The summed E-state index contributed by atoms with van der Waals surface area (Å²) in [6.45, 7) is 4.49. The van der Waals surface area contributed by atoms with E-state index < -0.39 is 0 Å². The Morgan fingerprint density at radius 1 is 1.25 bits per heavy atom. The predicted molar refractivity (Wildman–Crippen MR) is 96.3 cm³/mol. The van der Waals surface area contributed by atoms with Gasteiger partial charge in [-0.3, -0.25) is 9.48 Å². The van der Waals surface area contributed by atoms with Crippen molar-refractivity contribution < 1.29 is 4.79 Å². The van der Waals surface area contributed by atoms with Gasteiger partial charge in [-0.05, 0) is 13.8 Å². The van der Waals surface area contributed by atoms with Gasteiger partial charge in [0.05, 0.1) is 22.0 Å². The van der Waals surface area contributed by atoms with Gasteiger partial charge in [0.25, 0.3) is 5.91 Å². The normalized spacial score (nSPS) is 10.8. The first-order valence-electron chi connectivity index (χ1n) is 7.85. The number of hydrogen-bond acceptors (Lipinski definition) is 4. The zero-order chi connectivity index (χ0) is 17.1. The number of aromatic nitrogens is 3. The van der Waals surface area contributed by atoms with Crippen molar-refractivity contribution in [3.8, 4) is 11.3 Å². The number of carbonyl (C=O) groups is 1. The molecule has 0 spiro atoms. The fraction of sp³-hybridized carbons (Fsp3) is 0.278. The Bertz CT molecular complexity index is 851. The van der Waals surface area contributed by atoms with Gasteiger partial charge in [-0.1, -0.05) is 30.3 Å². The first-order valence-corrected chi connectivity index (χ1v) is 8.66. The lowest BCUT2D eigenvalue weighted by atomic mass is 10.1. The summed E-state index contributed by atoms with van der Waals surface area (Å²) in [7, 11) is 1.81. The lowest BCUT2D eigenvalue weighted by molar-refractivity contribution is 0.0953. The van der Waals surface area contributed by atoms with Crippen LogP contribution in [0.3, 0.4) is 0 Å². The minimum Gasteiger partial charge on any atom is -0.352 e. The molecule has 0 atom stereocenters. The molecule has 3 aromatic rings. The van der Waals surface area contributed by atoms with E-state index in [1.807, 2.05) is 32.2 Å². The highest BCUT2D eigenvalue weighted by atomic mass is 32.1. The lowest BCUT2D eigenvalue weighted by Crippen LogP contribution is -2.25. The number of thiazole rings is 1. The van der Waals surface area contributed by atoms with Crippen molar-refractivity contribution in [2.75, 3.05) is 6.54 Å². The van der Waals surface area contributed by atoms with E-state index in [0.717, 1.165) is 28.4 Å². The van der Waals surface area contributed by atoms with Crippen LogP contribution in [0, 0.1) is 13.8 Å². The van der Waals surface area contributed by atoms with Crippen LogP contribution in [-0.2, 0) is 13.5 Å². The Labute approximate surface area is 145 Å². The Balaban J connectivity index is 1.62. The predicted octanol–water partition coefficient (Wildman–Crippen LogP) is 3.13. The van der Waals surface area contributed by atoms with Crippen molar-refractivity contribution in [2.45, 2.75) is 20.3 Å². The first kappa shape index (κ1) is 16.4. The number of hydrogen-bond donors (Lipinski definition) is 1. The maximum Gasteiger partial charge on any atom is 0.254 e. The van der Waals surface area contributed by atoms with Crippen LogP contribution < -0.4 is 5.32 Å². The van der Waals surface area contributed by atoms with Crippen LogP contribution >= 0.6 is 11.3 Å². The zero-order valence-electron chi connectivity index (χ0n) is 14.0. The Hall–Kier alpha value is -2.47. The molecule has 0 aliphatic heterocycles. The van der Waals surface area contributed by atoms with Gasteiger partial charge in [-0.15, -0.1) is 11.3 Å². The maximum absolute atomic E-state index is 12.2. The molecule has 0 saturated carbocycles. The van der Waals surface area contributed by atoms with E-state index in [1.54, 1.807) is 22.2 Å². The lowest BCUT2D eigenvalue weighted by Gasteiger charge is -2.02. The Morgan fingerprint density at radius 3 is 2.67 bits per heavy atom. The Kier molecular flexibility index (Phi) is 4.76. The number of rotatable bonds is 5. The molecule has 1 N–H and O–H groups in total. The van der Waals surface area contributed by atoms with Gasteiger partial charge >= 0.3 is 0 Å². The van der Waals surface area contributed by atoms with Gasteiger partial charge in [-0.2, -0.15) is 5.10 Å². The molecule has 0 radical (unpaired) electrons. The molecule has 2 heterocycles. The summed E-state index contributed by atoms with van der Waals surface area (Å²) in [5.74, 6) is -0.0860. The van der Waals surface area contributed by atoms with Crippen molar-refractivity contribution in [3.05, 3.63) is 57.7 Å². The number of aryl methyl sites for hydroxylation is 3. The number of nitrogens with one attached hydrogen (secondary N) is 1. The summed E-state index contributed by atoms with van der Waals surface area (Å²) in [5.41, 5.74) is 3.53. The van der Waals surface area contributed by atoms with Crippen LogP contribution in [0.1, 0.15) is 25.9 Å². The monoisotopic (exact) mass is 340 g/mol. The third-order valence-electron chi connectivity index (χ3n) is 3.77. The van der Waals surface area contributed by atoms with E-state index in [2.05, 4.69) is 29.5 Å². The molecule has 1 aromatic carbocycles. The molecule has 0 unspecified atom stereocenters. The number of amides is 1. The molecule has 0 aliphatic carbocycles. The van der Waals surface area contributed by atoms with E-state index in [4.69, 9.17) is 4.98 Å². The van der Waals surface area contributed by atoms with Crippen LogP contribution in [-0.4, -0.2) is 27.2 Å². The number of benzene rings is 1. The third kappa shape index (κ3) is 3.54. The van der Waals surface area contributed by atoms with Crippen LogP contribution in [0.4, 0.5) is 0 Å². The maximum atomic E-state index is 12.2. The fourth-order valence-corrected chi connectivity index (χ4v) is 3.58. The van der Waals surface area contributed by atoms with E-state index in [9.17, 15) is 4.79 Å². The molecule has 2 aromatic heterocycles. The van der Waals surface area contributed by atoms with Crippen LogP contribution in [0.25, 0.3) is 11.3 Å². The van der Waals surface area contributed by atoms with Gasteiger partial charge < -0.3 is 5.32 Å². The highest BCUT2D eigenvalue weighted by Gasteiger charge is 2.13. The average molecular weight is 340 g/mol. The second-order valence-electron chi connectivity index (χ2n) is 5.69. The van der Waals surface area contributed by atoms with Crippen molar-refractivity contribution in [1.29, 1.82) is 0 Å². The average Bonchev–Trinajstić information content (AvgIpc) is 3.10. The van der Waals surface area contributed by atoms with Gasteiger partial charge in [0.15, 0.2) is 0 Å². The highest BCUT2D eigenvalue weighted by Crippen LogP contribution is 2.27. The van der Waals surface area contributed by atoms with Crippen LogP contribution in [0.15, 0.2) is 36.5 Å². The fourth-order valence-electron chi connectivity index (χ4n) is 2.62. The van der Waals surface area contributed by atoms with E-state index in [-0.39, 0.29) is 5.91 Å². The van der Waals surface area contributed by atoms with Crippen molar-refractivity contribution in [3.63, 3.8) is 0 Å². The van der Waals surface area contributed by atoms with Gasteiger partial charge in [-0.25, -0.2) is 4.98 Å². The summed E-state index contributed by atoms with van der Waals surface area (Å²) in [4.78, 5) is 18.1. The second kappa shape index (κ2) is 6.97. The molecule has 124 valence electrons. The van der Waals surface area contributed by atoms with E-state index >= 15 is 0 Å². The van der Waals surface area contributed by atoms with Crippen LogP contribution in [0.5, 0.6) is 0 Å². The quantitative estimate of drug-likeness (QED) is 0.776. The SMILES string of the molecule is Cc1nn(C)cc1C(=O)NCCc1nc(-c2ccccc2)c(C)s1. The molecular formula is C18H20N4OS. The number of nitrogens with zero attached hydrogens (tertiary/aromatic N) is 3.